The molecule has 1 atom stereocenters. The molecule has 1 saturated carbocycles. The summed E-state index contributed by atoms with van der Waals surface area (Å²) < 4.78 is 6.36. The van der Waals surface area contributed by atoms with Crippen molar-refractivity contribution in [3.05, 3.63) is 83.3 Å². The average Bonchev–Trinajstić information content (AvgIpc) is 3.54. The van der Waals surface area contributed by atoms with Gasteiger partial charge in [-0.25, -0.2) is 9.97 Å². The Labute approximate surface area is 353 Å². The summed E-state index contributed by atoms with van der Waals surface area (Å²) in [5, 5.41) is 15.7. The maximum absolute atomic E-state index is 13.3. The molecule has 16 heteroatoms. The summed E-state index contributed by atoms with van der Waals surface area (Å²) in [6.45, 7) is 6.13. The Morgan fingerprint density at radius 3 is 2.33 bits per heavy atom. The highest BCUT2D eigenvalue weighted by molar-refractivity contribution is 6.23. The molecule has 4 fully saturated rings. The predicted octanol–water partition coefficient (Wildman–Crippen LogP) is 3.85. The number of piperidine rings is 2. The molecule has 2 aromatic heterocycles. The molecule has 314 valence electrons. The lowest BCUT2D eigenvalue weighted by Gasteiger charge is -2.37. The fraction of sp³-hybridized carbons (Fsp3) is 0.444. The molecule has 2 aromatic carbocycles. The van der Waals surface area contributed by atoms with Crippen LogP contribution in [0.1, 0.15) is 94.4 Å². The van der Waals surface area contributed by atoms with E-state index in [1.165, 1.54) is 0 Å². The molecule has 9 rings (SSSR count). The molecule has 1 unspecified atom stereocenters. The van der Waals surface area contributed by atoms with Crippen LogP contribution in [0.2, 0.25) is 0 Å². The van der Waals surface area contributed by atoms with E-state index in [4.69, 9.17) is 4.74 Å². The highest BCUT2D eigenvalue weighted by Crippen LogP contribution is 2.33. The standard InChI is InChI=1S/C45H48N10O6/c46-25-29-3-11-38(35-2-1-16-47-40(29)35)61-33-7-4-31(5-8-33)50-41(57)30-26-48-45(49-27-30)54-18-14-28(15-19-54)13-17-52-20-22-53(23-21-52)32-6-9-34-36(24-32)44(60)55(43(34)59)37-10-12-39(56)51-42(37)58/h1-3,6,9,11,16,24,26-28,31,33,37H,4-5,7-8,10,12-15,17-23H2,(H,50,57)(H,51,56,58). The third-order valence-electron chi connectivity index (χ3n) is 13.0. The minimum atomic E-state index is -0.974. The molecular weight excluding hydrogens is 777 g/mol. The van der Waals surface area contributed by atoms with E-state index in [9.17, 15) is 29.2 Å². The van der Waals surface area contributed by atoms with Gasteiger partial charge in [-0.1, -0.05) is 0 Å². The number of hydrogen-bond acceptors (Lipinski definition) is 13. The van der Waals surface area contributed by atoms with E-state index in [1.54, 1.807) is 36.8 Å². The van der Waals surface area contributed by atoms with Gasteiger partial charge >= 0.3 is 0 Å². The number of hydrogen-bond donors (Lipinski definition) is 2. The van der Waals surface area contributed by atoms with E-state index in [-0.39, 0.29) is 30.9 Å². The van der Waals surface area contributed by atoms with Crippen LogP contribution in [-0.4, -0.2) is 118 Å². The van der Waals surface area contributed by atoms with Gasteiger partial charge in [0.15, 0.2) is 0 Å². The van der Waals surface area contributed by atoms with E-state index in [0.717, 1.165) is 112 Å². The number of pyridine rings is 1. The Morgan fingerprint density at radius 2 is 1.59 bits per heavy atom. The number of nitrogens with zero attached hydrogens (tertiary/aromatic N) is 8. The summed E-state index contributed by atoms with van der Waals surface area (Å²) in [4.78, 5) is 85.1. The lowest BCUT2D eigenvalue weighted by molar-refractivity contribution is -0.136. The second-order valence-corrected chi connectivity index (χ2v) is 16.7. The number of benzene rings is 2. The van der Waals surface area contributed by atoms with Crippen LogP contribution >= 0.6 is 0 Å². The van der Waals surface area contributed by atoms with Crippen molar-refractivity contribution in [1.29, 1.82) is 5.26 Å². The van der Waals surface area contributed by atoms with Crippen LogP contribution in [0, 0.1) is 17.2 Å². The van der Waals surface area contributed by atoms with Gasteiger partial charge in [0, 0.05) is 81.4 Å². The lowest BCUT2D eigenvalue weighted by Crippen LogP contribution is -2.54. The number of piperazine rings is 1. The highest BCUT2D eigenvalue weighted by Gasteiger charge is 2.45. The molecule has 6 heterocycles. The van der Waals surface area contributed by atoms with Gasteiger partial charge in [-0.15, -0.1) is 0 Å². The fourth-order valence-electron chi connectivity index (χ4n) is 9.39. The Balaban J connectivity index is 0.684. The number of nitrogens with one attached hydrogen (secondary N) is 2. The van der Waals surface area contributed by atoms with Crippen LogP contribution < -0.4 is 25.2 Å². The first-order chi connectivity index (χ1) is 29.7. The average molecular weight is 825 g/mol. The van der Waals surface area contributed by atoms with E-state index < -0.39 is 29.7 Å². The number of aromatic nitrogens is 3. The van der Waals surface area contributed by atoms with Crippen molar-refractivity contribution < 1.29 is 28.7 Å². The third kappa shape index (κ3) is 8.34. The topological polar surface area (TPSA) is 194 Å². The van der Waals surface area contributed by atoms with Gasteiger partial charge in [-0.3, -0.25) is 44.1 Å². The minimum absolute atomic E-state index is 0.0180. The van der Waals surface area contributed by atoms with Crippen LogP contribution in [0.4, 0.5) is 11.6 Å². The zero-order valence-electron chi connectivity index (χ0n) is 33.9. The molecule has 0 radical (unpaired) electrons. The minimum Gasteiger partial charge on any atom is -0.490 e. The van der Waals surface area contributed by atoms with Crippen molar-refractivity contribution in [3.8, 4) is 11.8 Å². The van der Waals surface area contributed by atoms with Crippen molar-refractivity contribution >= 4 is 52.1 Å². The number of amides is 5. The third-order valence-corrected chi connectivity index (χ3v) is 13.0. The van der Waals surface area contributed by atoms with Crippen LogP contribution in [0.25, 0.3) is 10.9 Å². The van der Waals surface area contributed by atoms with Crippen molar-refractivity contribution in [3.63, 3.8) is 0 Å². The number of rotatable bonds is 10. The van der Waals surface area contributed by atoms with Gasteiger partial charge in [0.05, 0.1) is 33.9 Å². The monoisotopic (exact) mass is 824 g/mol. The Bertz CT molecular complexity index is 2390. The second kappa shape index (κ2) is 17.3. The van der Waals surface area contributed by atoms with E-state index in [0.29, 0.717) is 39.6 Å². The van der Waals surface area contributed by atoms with Crippen LogP contribution in [0.3, 0.4) is 0 Å². The molecule has 0 spiro atoms. The predicted molar refractivity (Wildman–Crippen MR) is 224 cm³/mol. The molecule has 3 saturated heterocycles. The summed E-state index contributed by atoms with van der Waals surface area (Å²) >= 11 is 0. The Kier molecular flexibility index (Phi) is 11.3. The number of anilines is 2. The van der Waals surface area contributed by atoms with Crippen molar-refractivity contribution in [1.82, 2.24) is 35.4 Å². The largest absolute Gasteiger partial charge is 0.490 e. The van der Waals surface area contributed by atoms with Gasteiger partial charge in [-0.2, -0.15) is 5.26 Å². The molecular formula is C45H48N10O6. The molecule has 61 heavy (non-hydrogen) atoms. The molecule has 4 aromatic rings. The van der Waals surface area contributed by atoms with Crippen molar-refractivity contribution in [2.45, 2.75) is 76.0 Å². The molecule has 1 aliphatic carbocycles. The molecule has 4 aliphatic heterocycles. The van der Waals surface area contributed by atoms with Gasteiger partial charge < -0.3 is 19.9 Å². The Morgan fingerprint density at radius 1 is 0.836 bits per heavy atom. The number of carbonyl (C=O) groups excluding carboxylic acids is 5. The van der Waals surface area contributed by atoms with Gasteiger partial charge in [-0.05, 0) is 106 Å². The summed E-state index contributed by atoms with van der Waals surface area (Å²) in [6, 6.07) is 13.9. The maximum atomic E-state index is 13.3. The first-order valence-corrected chi connectivity index (χ1v) is 21.4. The van der Waals surface area contributed by atoms with Gasteiger partial charge in [0.25, 0.3) is 17.7 Å². The SMILES string of the molecule is N#Cc1ccc(OC2CCC(NC(=O)c3cnc(N4CCC(CCN5CCN(c6ccc7c(c6)C(=O)N(C6CCC(=O)NC6=O)C7=O)CC5)CC4)nc3)CC2)c2cccnc12. The van der Waals surface area contributed by atoms with Crippen LogP contribution in [0.5, 0.6) is 5.75 Å². The molecule has 5 amide bonds. The zero-order chi connectivity index (χ0) is 42.0. The smallest absolute Gasteiger partial charge is 0.262 e. The highest BCUT2D eigenvalue weighted by atomic mass is 16.5. The summed E-state index contributed by atoms with van der Waals surface area (Å²) in [7, 11) is 0. The molecule has 0 bridgehead atoms. The van der Waals surface area contributed by atoms with E-state index in [2.05, 4.69) is 46.4 Å². The Hall–Kier alpha value is -6.47. The summed E-state index contributed by atoms with van der Waals surface area (Å²) in [5.41, 5.74) is 3.09. The molecule has 5 aliphatic rings. The van der Waals surface area contributed by atoms with Crippen LogP contribution in [-0.2, 0) is 9.59 Å². The lowest BCUT2D eigenvalue weighted by atomic mass is 9.92. The molecule has 16 nitrogen and oxygen atoms in total. The first kappa shape index (κ1) is 40.0. The van der Waals surface area contributed by atoms with E-state index in [1.807, 2.05) is 24.3 Å². The molecule has 2 N–H and O–H groups in total. The summed E-state index contributed by atoms with van der Waals surface area (Å²) in [6.07, 6.45) is 11.6. The van der Waals surface area contributed by atoms with Gasteiger partial charge in [0.1, 0.15) is 17.9 Å². The number of nitriles is 1. The number of imide groups is 2. The zero-order valence-corrected chi connectivity index (χ0v) is 33.9. The van der Waals surface area contributed by atoms with Crippen molar-refractivity contribution in [2.75, 3.05) is 55.6 Å². The van der Waals surface area contributed by atoms with Gasteiger partial charge in [0.2, 0.25) is 17.8 Å². The van der Waals surface area contributed by atoms with E-state index >= 15 is 0 Å². The fourth-order valence-corrected chi connectivity index (χ4v) is 9.39. The number of ether oxygens (including phenoxy) is 1. The van der Waals surface area contributed by atoms with Crippen LogP contribution in [0.15, 0.2) is 61.1 Å². The summed E-state index contributed by atoms with van der Waals surface area (Å²) in [5.74, 6) is -0.172. The van der Waals surface area contributed by atoms with Crippen molar-refractivity contribution in [2.24, 2.45) is 5.92 Å². The number of fused-ring (bicyclic) bond motifs is 2. The normalized spacial score (nSPS) is 22.5. The maximum Gasteiger partial charge on any atom is 0.262 e. The second-order valence-electron chi connectivity index (χ2n) is 16.7. The number of carbonyl (C=O) groups is 5. The first-order valence-electron chi connectivity index (χ1n) is 21.4. The quantitative estimate of drug-likeness (QED) is 0.219.